The van der Waals surface area contributed by atoms with E-state index in [0.29, 0.717) is 16.9 Å². The van der Waals surface area contributed by atoms with E-state index in [1.165, 1.54) is 0 Å². The Hall–Kier alpha value is -1.09. The molecule has 1 unspecified atom stereocenters. The van der Waals surface area contributed by atoms with Crippen molar-refractivity contribution in [2.75, 3.05) is 5.32 Å². The highest BCUT2D eigenvalue weighted by molar-refractivity contribution is 7.80. The fourth-order valence-corrected chi connectivity index (χ4v) is 1.82. The third-order valence-electron chi connectivity index (χ3n) is 2.77. The van der Waals surface area contributed by atoms with E-state index in [9.17, 15) is 0 Å². The number of hydrogen-bond acceptors (Lipinski definition) is 2. The number of anilines is 1. The molecule has 3 heteroatoms. The van der Waals surface area contributed by atoms with Gasteiger partial charge in [-0.2, -0.15) is 0 Å². The van der Waals surface area contributed by atoms with E-state index >= 15 is 0 Å². The zero-order valence-electron chi connectivity index (χ0n) is 10.2. The summed E-state index contributed by atoms with van der Waals surface area (Å²) in [5.74, 6) is 0.625. The summed E-state index contributed by atoms with van der Waals surface area (Å²) in [6.07, 6.45) is 1.12. The van der Waals surface area contributed by atoms with E-state index in [1.54, 1.807) is 0 Å². The lowest BCUT2D eigenvalue weighted by molar-refractivity contribution is 0.511. The largest absolute Gasteiger partial charge is 0.389 e. The highest BCUT2D eigenvalue weighted by Crippen LogP contribution is 2.15. The van der Waals surface area contributed by atoms with Crippen LogP contribution in [0.1, 0.15) is 32.8 Å². The predicted octanol–water partition coefficient (Wildman–Crippen LogP) is 3.17. The van der Waals surface area contributed by atoms with E-state index in [-0.39, 0.29) is 0 Å². The first-order chi connectivity index (χ1) is 7.54. The summed E-state index contributed by atoms with van der Waals surface area (Å²) in [4.78, 5) is 0.447. The minimum atomic E-state index is 0.447. The number of rotatable bonds is 5. The molecule has 0 aliphatic rings. The molecule has 1 aromatic rings. The minimum absolute atomic E-state index is 0.447. The SMILES string of the molecule is CCC(Nc1ccc(C(N)=S)cc1)C(C)C. The van der Waals surface area contributed by atoms with Crippen LogP contribution in [0.5, 0.6) is 0 Å². The standard InChI is InChI=1S/C13H20N2S/c1-4-12(9(2)3)15-11-7-5-10(6-8-11)13(14)16/h5-9,12,15H,4H2,1-3H3,(H2,14,16). The Bertz CT molecular complexity index is 343. The normalized spacial score (nSPS) is 12.5. The summed E-state index contributed by atoms with van der Waals surface area (Å²) in [5, 5.41) is 3.51. The molecule has 1 rings (SSSR count). The monoisotopic (exact) mass is 236 g/mol. The Morgan fingerprint density at radius 2 is 1.88 bits per heavy atom. The quantitative estimate of drug-likeness (QED) is 0.771. The van der Waals surface area contributed by atoms with Crippen LogP contribution in [0.15, 0.2) is 24.3 Å². The van der Waals surface area contributed by atoms with Crippen molar-refractivity contribution in [1.29, 1.82) is 0 Å². The van der Waals surface area contributed by atoms with Gasteiger partial charge in [-0.1, -0.05) is 33.0 Å². The van der Waals surface area contributed by atoms with Crippen molar-refractivity contribution >= 4 is 22.9 Å². The van der Waals surface area contributed by atoms with E-state index < -0.39 is 0 Å². The van der Waals surface area contributed by atoms with Crippen molar-refractivity contribution in [3.63, 3.8) is 0 Å². The fourth-order valence-electron chi connectivity index (χ4n) is 1.68. The first-order valence-electron chi connectivity index (χ1n) is 5.71. The maximum Gasteiger partial charge on any atom is 0.103 e. The van der Waals surface area contributed by atoms with Gasteiger partial charge in [0.25, 0.3) is 0 Å². The van der Waals surface area contributed by atoms with Gasteiger partial charge in [-0.15, -0.1) is 0 Å². The molecular formula is C13H20N2S. The molecule has 0 spiro atoms. The van der Waals surface area contributed by atoms with Crippen LogP contribution in [0.4, 0.5) is 5.69 Å². The van der Waals surface area contributed by atoms with Crippen LogP contribution in [-0.2, 0) is 0 Å². The zero-order valence-corrected chi connectivity index (χ0v) is 11.0. The molecule has 88 valence electrons. The lowest BCUT2D eigenvalue weighted by Crippen LogP contribution is -2.24. The van der Waals surface area contributed by atoms with Gasteiger partial charge >= 0.3 is 0 Å². The van der Waals surface area contributed by atoms with Gasteiger partial charge in [0.05, 0.1) is 0 Å². The van der Waals surface area contributed by atoms with Gasteiger partial charge in [0.2, 0.25) is 0 Å². The molecule has 0 saturated heterocycles. The molecule has 1 atom stereocenters. The lowest BCUT2D eigenvalue weighted by Gasteiger charge is -2.22. The van der Waals surface area contributed by atoms with Gasteiger partial charge in [-0.25, -0.2) is 0 Å². The number of nitrogens with two attached hydrogens (primary N) is 1. The summed E-state index contributed by atoms with van der Waals surface area (Å²) < 4.78 is 0. The van der Waals surface area contributed by atoms with Gasteiger partial charge < -0.3 is 11.1 Å². The molecule has 0 saturated carbocycles. The average Bonchev–Trinajstić information content (AvgIpc) is 2.26. The van der Waals surface area contributed by atoms with Crippen LogP contribution < -0.4 is 11.1 Å². The average molecular weight is 236 g/mol. The third kappa shape index (κ3) is 3.49. The van der Waals surface area contributed by atoms with Gasteiger partial charge in [0.15, 0.2) is 0 Å². The molecule has 3 N–H and O–H groups in total. The van der Waals surface area contributed by atoms with Crippen LogP contribution in [0.2, 0.25) is 0 Å². The predicted molar refractivity (Wildman–Crippen MR) is 74.9 cm³/mol. The summed E-state index contributed by atoms with van der Waals surface area (Å²) in [6, 6.07) is 8.48. The van der Waals surface area contributed by atoms with Crippen molar-refractivity contribution < 1.29 is 0 Å². The van der Waals surface area contributed by atoms with Crippen molar-refractivity contribution in [3.8, 4) is 0 Å². The third-order valence-corrected chi connectivity index (χ3v) is 3.00. The van der Waals surface area contributed by atoms with E-state index in [0.717, 1.165) is 17.7 Å². The summed E-state index contributed by atoms with van der Waals surface area (Å²) in [6.45, 7) is 6.65. The lowest BCUT2D eigenvalue weighted by atomic mass is 10.0. The fraction of sp³-hybridized carbons (Fsp3) is 0.462. The molecule has 0 amide bonds. The Morgan fingerprint density at radius 1 is 1.31 bits per heavy atom. The van der Waals surface area contributed by atoms with E-state index in [4.69, 9.17) is 18.0 Å². The minimum Gasteiger partial charge on any atom is -0.389 e. The molecule has 0 heterocycles. The second kappa shape index (κ2) is 5.85. The number of thiocarbonyl (C=S) groups is 1. The van der Waals surface area contributed by atoms with Crippen LogP contribution in [-0.4, -0.2) is 11.0 Å². The first kappa shape index (κ1) is 13.0. The van der Waals surface area contributed by atoms with Crippen molar-refractivity contribution in [2.45, 2.75) is 33.2 Å². The molecule has 0 radical (unpaired) electrons. The summed E-state index contributed by atoms with van der Waals surface area (Å²) in [7, 11) is 0. The molecule has 0 aromatic heterocycles. The molecule has 1 aromatic carbocycles. The number of hydrogen-bond donors (Lipinski definition) is 2. The first-order valence-corrected chi connectivity index (χ1v) is 6.11. The van der Waals surface area contributed by atoms with Crippen LogP contribution in [0, 0.1) is 5.92 Å². The molecule has 16 heavy (non-hydrogen) atoms. The Morgan fingerprint density at radius 3 is 2.25 bits per heavy atom. The molecular weight excluding hydrogens is 216 g/mol. The Balaban J connectivity index is 2.71. The topological polar surface area (TPSA) is 38.0 Å². The zero-order chi connectivity index (χ0) is 12.1. The molecule has 0 aliphatic heterocycles. The van der Waals surface area contributed by atoms with E-state index in [1.807, 2.05) is 24.3 Å². The molecule has 2 nitrogen and oxygen atoms in total. The van der Waals surface area contributed by atoms with Crippen molar-refractivity contribution in [3.05, 3.63) is 29.8 Å². The highest BCUT2D eigenvalue weighted by Gasteiger charge is 2.10. The Kier molecular flexibility index (Phi) is 4.74. The maximum absolute atomic E-state index is 5.55. The molecule has 0 aliphatic carbocycles. The summed E-state index contributed by atoms with van der Waals surface area (Å²) >= 11 is 4.91. The van der Waals surface area contributed by atoms with Crippen molar-refractivity contribution in [1.82, 2.24) is 0 Å². The highest BCUT2D eigenvalue weighted by atomic mass is 32.1. The van der Waals surface area contributed by atoms with Crippen molar-refractivity contribution in [2.24, 2.45) is 11.7 Å². The van der Waals surface area contributed by atoms with Gasteiger partial charge in [-0.3, -0.25) is 0 Å². The van der Waals surface area contributed by atoms with Crippen LogP contribution >= 0.6 is 12.2 Å². The van der Waals surface area contributed by atoms with Gasteiger partial charge in [-0.05, 0) is 36.6 Å². The van der Waals surface area contributed by atoms with E-state index in [2.05, 4.69) is 26.1 Å². The second-order valence-electron chi connectivity index (χ2n) is 4.34. The maximum atomic E-state index is 5.55. The number of nitrogens with one attached hydrogen (secondary N) is 1. The Labute approximate surface area is 103 Å². The molecule has 0 bridgehead atoms. The van der Waals surface area contributed by atoms with Crippen LogP contribution in [0.3, 0.4) is 0 Å². The number of benzene rings is 1. The van der Waals surface area contributed by atoms with Gasteiger partial charge in [0, 0.05) is 17.3 Å². The molecule has 0 fully saturated rings. The van der Waals surface area contributed by atoms with Crippen LogP contribution in [0.25, 0.3) is 0 Å². The van der Waals surface area contributed by atoms with Gasteiger partial charge in [0.1, 0.15) is 4.99 Å². The summed E-state index contributed by atoms with van der Waals surface area (Å²) in [5.41, 5.74) is 7.59. The smallest absolute Gasteiger partial charge is 0.103 e. The second-order valence-corrected chi connectivity index (χ2v) is 4.78.